The zero-order valence-corrected chi connectivity index (χ0v) is 10.4. The van der Waals surface area contributed by atoms with E-state index in [0.29, 0.717) is 11.8 Å². The fraction of sp³-hybridized carbons (Fsp3) is 0.0769. The van der Waals surface area contributed by atoms with Crippen molar-refractivity contribution >= 4 is 17.1 Å². The van der Waals surface area contributed by atoms with Gasteiger partial charge in [0, 0.05) is 17.4 Å². The van der Waals surface area contributed by atoms with Gasteiger partial charge in [0.1, 0.15) is 11.3 Å². The highest BCUT2D eigenvalue weighted by molar-refractivity contribution is 5.64. The van der Waals surface area contributed by atoms with Gasteiger partial charge in [0.2, 0.25) is 0 Å². The monoisotopic (exact) mass is 298 g/mol. The molecule has 0 aliphatic carbocycles. The Hall–Kier alpha value is -2.77. The Morgan fingerprint density at radius 2 is 1.62 bits per heavy atom. The molecule has 5 nitrogen and oxygen atoms in total. The molecule has 2 aromatic rings. The molecule has 0 amide bonds. The van der Waals surface area contributed by atoms with Gasteiger partial charge in [-0.1, -0.05) is 0 Å². The van der Waals surface area contributed by atoms with Gasteiger partial charge in [-0.2, -0.15) is 13.2 Å². The number of nitrogens with one attached hydrogen (secondary N) is 1. The first kappa shape index (κ1) is 14.6. The minimum absolute atomic E-state index is 0.0141. The lowest BCUT2D eigenvalue weighted by molar-refractivity contribution is -0.388. The van der Waals surface area contributed by atoms with E-state index in [9.17, 15) is 23.3 Å². The van der Waals surface area contributed by atoms with Crippen molar-refractivity contribution in [1.82, 2.24) is 0 Å². The van der Waals surface area contributed by atoms with Crippen LogP contribution in [0.25, 0.3) is 0 Å². The van der Waals surface area contributed by atoms with Gasteiger partial charge in [0.15, 0.2) is 0 Å². The second kappa shape index (κ2) is 5.31. The highest BCUT2D eigenvalue weighted by Crippen LogP contribution is 2.38. The predicted molar refractivity (Wildman–Crippen MR) is 69.5 cm³/mol. The Bertz CT molecular complexity index is 669. The molecule has 0 aliphatic rings. The molecule has 0 bridgehead atoms. The number of halogens is 3. The van der Waals surface area contributed by atoms with Gasteiger partial charge >= 0.3 is 6.18 Å². The summed E-state index contributed by atoms with van der Waals surface area (Å²) >= 11 is 0. The van der Waals surface area contributed by atoms with Crippen molar-refractivity contribution < 1.29 is 23.2 Å². The number of hydrogen-bond acceptors (Lipinski definition) is 4. The van der Waals surface area contributed by atoms with Gasteiger partial charge in [-0.25, -0.2) is 0 Å². The number of nitro groups is 1. The van der Waals surface area contributed by atoms with Gasteiger partial charge in [-0.3, -0.25) is 10.1 Å². The van der Waals surface area contributed by atoms with Gasteiger partial charge in [-0.05, 0) is 36.4 Å². The van der Waals surface area contributed by atoms with Crippen LogP contribution in [0.5, 0.6) is 5.75 Å². The smallest absolute Gasteiger partial charge is 0.423 e. The molecule has 0 saturated heterocycles. The summed E-state index contributed by atoms with van der Waals surface area (Å²) in [5.74, 6) is 0.0141. The Morgan fingerprint density at radius 3 is 2.14 bits per heavy atom. The van der Waals surface area contributed by atoms with Crippen LogP contribution >= 0.6 is 0 Å². The number of alkyl halides is 3. The lowest BCUT2D eigenvalue weighted by Crippen LogP contribution is -2.09. The molecule has 0 aliphatic heterocycles. The first-order valence-electron chi connectivity index (χ1n) is 5.69. The van der Waals surface area contributed by atoms with Crippen LogP contribution in [0, 0.1) is 10.1 Å². The highest BCUT2D eigenvalue weighted by Gasteiger charge is 2.38. The van der Waals surface area contributed by atoms with Crippen LogP contribution in [0.15, 0.2) is 42.5 Å². The van der Waals surface area contributed by atoms with Crippen LogP contribution in [0.2, 0.25) is 0 Å². The van der Waals surface area contributed by atoms with E-state index < -0.39 is 22.4 Å². The van der Waals surface area contributed by atoms with E-state index in [2.05, 4.69) is 5.32 Å². The molecule has 0 aromatic heterocycles. The fourth-order valence-corrected chi connectivity index (χ4v) is 1.71. The summed E-state index contributed by atoms with van der Waals surface area (Å²) in [6.07, 6.45) is -4.82. The largest absolute Gasteiger partial charge is 0.508 e. The molecule has 110 valence electrons. The summed E-state index contributed by atoms with van der Waals surface area (Å²) in [6.45, 7) is 0. The number of anilines is 2. The summed E-state index contributed by atoms with van der Waals surface area (Å²) in [5, 5.41) is 22.4. The molecule has 0 atom stereocenters. The van der Waals surface area contributed by atoms with E-state index in [1.54, 1.807) is 0 Å². The number of hydrogen-bond donors (Lipinski definition) is 2. The first-order chi connectivity index (χ1) is 9.77. The summed E-state index contributed by atoms with van der Waals surface area (Å²) in [5.41, 5.74) is -1.83. The fourth-order valence-electron chi connectivity index (χ4n) is 1.71. The number of benzene rings is 2. The van der Waals surface area contributed by atoms with E-state index in [4.69, 9.17) is 5.11 Å². The van der Waals surface area contributed by atoms with E-state index in [-0.39, 0.29) is 11.4 Å². The SMILES string of the molecule is O=[N+]([O-])c1ccc(Nc2ccc(O)cc2)cc1C(F)(F)F. The van der Waals surface area contributed by atoms with Crippen molar-refractivity contribution in [2.75, 3.05) is 5.32 Å². The molecule has 2 rings (SSSR count). The summed E-state index contributed by atoms with van der Waals surface area (Å²) in [4.78, 5) is 9.56. The van der Waals surface area contributed by atoms with Gasteiger partial charge in [0.25, 0.3) is 5.69 Å². The minimum Gasteiger partial charge on any atom is -0.508 e. The molecule has 21 heavy (non-hydrogen) atoms. The molecule has 0 heterocycles. The number of phenolic OH excluding ortho intramolecular Hbond substituents is 1. The average Bonchev–Trinajstić information content (AvgIpc) is 2.40. The van der Waals surface area contributed by atoms with Crippen molar-refractivity contribution in [2.24, 2.45) is 0 Å². The third-order valence-electron chi connectivity index (χ3n) is 2.65. The standard InChI is InChI=1S/C13H9F3N2O3/c14-13(15,16)11-7-9(3-6-12(11)18(20)21)17-8-1-4-10(19)5-2-8/h1-7,17,19H. The number of nitrogens with zero attached hydrogens (tertiary/aromatic N) is 1. The van der Waals surface area contributed by atoms with Crippen molar-refractivity contribution in [3.8, 4) is 5.75 Å². The van der Waals surface area contributed by atoms with E-state index in [0.717, 1.165) is 6.07 Å². The number of nitro benzene ring substituents is 1. The molecule has 2 N–H and O–H groups in total. The van der Waals surface area contributed by atoms with Crippen LogP contribution in [-0.4, -0.2) is 10.0 Å². The Labute approximate surface area is 116 Å². The zero-order chi connectivity index (χ0) is 15.6. The first-order valence-corrected chi connectivity index (χ1v) is 5.69. The number of rotatable bonds is 3. The van der Waals surface area contributed by atoms with Crippen molar-refractivity contribution in [1.29, 1.82) is 0 Å². The molecule has 0 saturated carbocycles. The Kier molecular flexibility index (Phi) is 3.70. The molecule has 0 spiro atoms. The lowest BCUT2D eigenvalue weighted by Gasteiger charge is -2.11. The summed E-state index contributed by atoms with van der Waals surface area (Å²) < 4.78 is 38.4. The van der Waals surface area contributed by atoms with E-state index >= 15 is 0 Å². The Balaban J connectivity index is 2.38. The van der Waals surface area contributed by atoms with Crippen LogP contribution in [0.4, 0.5) is 30.2 Å². The minimum atomic E-state index is -4.82. The maximum Gasteiger partial charge on any atom is 0.423 e. The molecular weight excluding hydrogens is 289 g/mol. The normalized spacial score (nSPS) is 11.2. The molecule has 8 heteroatoms. The van der Waals surface area contributed by atoms with Crippen LogP contribution < -0.4 is 5.32 Å². The predicted octanol–water partition coefficient (Wildman–Crippen LogP) is 4.06. The van der Waals surface area contributed by atoms with E-state index in [1.165, 1.54) is 30.3 Å². The quantitative estimate of drug-likeness (QED) is 0.509. The Morgan fingerprint density at radius 1 is 1.05 bits per heavy atom. The van der Waals surface area contributed by atoms with Gasteiger partial charge in [-0.15, -0.1) is 0 Å². The van der Waals surface area contributed by atoms with E-state index in [1.807, 2.05) is 0 Å². The lowest BCUT2D eigenvalue weighted by atomic mass is 10.1. The molecule has 0 radical (unpaired) electrons. The van der Waals surface area contributed by atoms with Crippen molar-refractivity contribution in [3.05, 3.63) is 58.1 Å². The second-order valence-corrected chi connectivity index (χ2v) is 4.16. The molecule has 0 fully saturated rings. The van der Waals surface area contributed by atoms with Crippen molar-refractivity contribution in [2.45, 2.75) is 6.18 Å². The van der Waals surface area contributed by atoms with Gasteiger partial charge in [0.05, 0.1) is 4.92 Å². The third-order valence-corrected chi connectivity index (χ3v) is 2.65. The maximum absolute atomic E-state index is 12.8. The molecule has 0 unspecified atom stereocenters. The van der Waals surface area contributed by atoms with Crippen LogP contribution in [0.1, 0.15) is 5.56 Å². The van der Waals surface area contributed by atoms with Gasteiger partial charge < -0.3 is 10.4 Å². The highest BCUT2D eigenvalue weighted by atomic mass is 19.4. The number of phenols is 1. The number of aromatic hydroxyl groups is 1. The maximum atomic E-state index is 12.8. The topological polar surface area (TPSA) is 75.4 Å². The zero-order valence-electron chi connectivity index (χ0n) is 10.4. The van der Waals surface area contributed by atoms with Crippen LogP contribution in [0.3, 0.4) is 0 Å². The summed E-state index contributed by atoms with van der Waals surface area (Å²) in [7, 11) is 0. The molecule has 2 aromatic carbocycles. The second-order valence-electron chi connectivity index (χ2n) is 4.16. The average molecular weight is 298 g/mol. The summed E-state index contributed by atoms with van der Waals surface area (Å²) in [6, 6.07) is 8.29. The van der Waals surface area contributed by atoms with Crippen LogP contribution in [-0.2, 0) is 6.18 Å². The third kappa shape index (κ3) is 3.41. The molecular formula is C13H9F3N2O3. The van der Waals surface area contributed by atoms with Crippen molar-refractivity contribution in [3.63, 3.8) is 0 Å².